The molecule has 0 heterocycles. The van der Waals surface area contributed by atoms with E-state index >= 15 is 0 Å². The summed E-state index contributed by atoms with van der Waals surface area (Å²) in [6.45, 7) is 4.18. The largest absolute Gasteiger partial charge is 0.394 e. The van der Waals surface area contributed by atoms with Crippen LogP contribution >= 0.6 is 0 Å². The molecule has 3 unspecified atom stereocenters. The zero-order chi connectivity index (χ0) is 44.4. The second kappa shape index (κ2) is 51.2. The molecule has 0 aliphatic rings. The average molecular weight is 858 g/mol. The van der Waals surface area contributed by atoms with E-state index in [0.717, 1.165) is 44.9 Å². The minimum Gasteiger partial charge on any atom is -0.394 e. The van der Waals surface area contributed by atoms with Gasteiger partial charge in [-0.3, -0.25) is 4.79 Å². The monoisotopic (exact) mass is 858 g/mol. The van der Waals surface area contributed by atoms with Crippen molar-refractivity contribution in [3.05, 3.63) is 36.5 Å². The fourth-order valence-electron chi connectivity index (χ4n) is 8.47. The summed E-state index contributed by atoms with van der Waals surface area (Å²) in [5, 5.41) is 33.6. The number of amides is 1. The van der Waals surface area contributed by atoms with Crippen molar-refractivity contribution < 1.29 is 20.1 Å². The first-order valence-corrected chi connectivity index (χ1v) is 27.3. The molecule has 0 spiro atoms. The van der Waals surface area contributed by atoms with Crippen molar-refractivity contribution in [2.45, 2.75) is 308 Å². The van der Waals surface area contributed by atoms with E-state index in [9.17, 15) is 20.1 Å². The summed E-state index contributed by atoms with van der Waals surface area (Å²) < 4.78 is 0. The van der Waals surface area contributed by atoms with Gasteiger partial charge in [0.05, 0.1) is 18.8 Å². The van der Waals surface area contributed by atoms with Gasteiger partial charge >= 0.3 is 0 Å². The zero-order valence-corrected chi connectivity index (χ0v) is 41.1. The van der Waals surface area contributed by atoms with E-state index in [1.165, 1.54) is 218 Å². The van der Waals surface area contributed by atoms with Crippen LogP contribution in [0.4, 0.5) is 0 Å². The molecule has 61 heavy (non-hydrogen) atoms. The Morgan fingerprint density at radius 2 is 0.672 bits per heavy atom. The van der Waals surface area contributed by atoms with Crippen molar-refractivity contribution in [1.82, 2.24) is 5.32 Å². The fourth-order valence-corrected chi connectivity index (χ4v) is 8.47. The molecule has 1 amide bonds. The molecular formula is C56H107NO4. The van der Waals surface area contributed by atoms with Crippen LogP contribution in [0, 0.1) is 0 Å². The molecule has 4 N–H and O–H groups in total. The molecule has 0 aliphatic heterocycles. The first-order valence-electron chi connectivity index (χ1n) is 27.3. The first-order chi connectivity index (χ1) is 30.1. The highest BCUT2D eigenvalue weighted by Gasteiger charge is 2.26. The summed E-state index contributed by atoms with van der Waals surface area (Å²) in [6.07, 6.45) is 65.8. The van der Waals surface area contributed by atoms with Gasteiger partial charge in [-0.2, -0.15) is 0 Å². The highest BCUT2D eigenvalue weighted by molar-refractivity contribution is 5.76. The quantitative estimate of drug-likeness (QED) is 0.0362. The number of hydrogen-bond donors (Lipinski definition) is 4. The maximum Gasteiger partial charge on any atom is 0.220 e. The van der Waals surface area contributed by atoms with Crippen LogP contribution in [0.25, 0.3) is 0 Å². The lowest BCUT2D eigenvalue weighted by atomic mass is 10.0. The number of allylic oxidation sites excluding steroid dienone is 6. The van der Waals surface area contributed by atoms with Gasteiger partial charge in [0.15, 0.2) is 0 Å². The van der Waals surface area contributed by atoms with Crippen LogP contribution in [0.3, 0.4) is 0 Å². The molecule has 3 atom stereocenters. The summed E-state index contributed by atoms with van der Waals surface area (Å²) in [5.74, 6) is -0.155. The Morgan fingerprint density at radius 1 is 0.393 bits per heavy atom. The normalized spacial score (nSPS) is 13.6. The first kappa shape index (κ1) is 59.6. The third-order valence-corrected chi connectivity index (χ3v) is 12.7. The van der Waals surface area contributed by atoms with E-state index in [-0.39, 0.29) is 12.5 Å². The van der Waals surface area contributed by atoms with E-state index in [4.69, 9.17) is 0 Å². The molecule has 0 saturated heterocycles. The summed E-state index contributed by atoms with van der Waals surface area (Å²) in [6, 6.07) is -0.832. The van der Waals surface area contributed by atoms with Gasteiger partial charge in [-0.1, -0.05) is 243 Å². The van der Waals surface area contributed by atoms with Crippen LogP contribution in [0.2, 0.25) is 0 Å². The molecule has 0 aromatic carbocycles. The van der Waals surface area contributed by atoms with Gasteiger partial charge in [0.2, 0.25) is 5.91 Å². The van der Waals surface area contributed by atoms with Gasteiger partial charge in [0.1, 0.15) is 6.10 Å². The predicted octanol–water partition coefficient (Wildman–Crippen LogP) is 16.7. The minimum absolute atomic E-state index is 0.155. The Balaban J connectivity index is 3.55. The Labute approximate surface area is 381 Å². The molecule has 0 bridgehead atoms. The van der Waals surface area contributed by atoms with Crippen LogP contribution < -0.4 is 5.32 Å². The molecule has 0 saturated carbocycles. The van der Waals surface area contributed by atoms with Crippen molar-refractivity contribution in [1.29, 1.82) is 0 Å². The average Bonchev–Trinajstić information content (AvgIpc) is 3.26. The number of aliphatic hydroxyl groups is 3. The molecule has 0 aromatic rings. The Kier molecular flexibility index (Phi) is 50.0. The Morgan fingerprint density at radius 3 is 1.00 bits per heavy atom. The third-order valence-electron chi connectivity index (χ3n) is 12.7. The summed E-state index contributed by atoms with van der Waals surface area (Å²) in [5.41, 5.74) is 0. The highest BCUT2D eigenvalue weighted by Crippen LogP contribution is 2.16. The van der Waals surface area contributed by atoms with Crippen molar-refractivity contribution >= 4 is 5.91 Å². The predicted molar refractivity (Wildman–Crippen MR) is 268 cm³/mol. The molecule has 5 heteroatoms. The maximum absolute atomic E-state index is 12.5. The van der Waals surface area contributed by atoms with Crippen LogP contribution in [0.5, 0.6) is 0 Å². The molecule has 0 fully saturated rings. The molecule has 5 nitrogen and oxygen atoms in total. The van der Waals surface area contributed by atoms with E-state index in [1.54, 1.807) is 0 Å². The fraction of sp³-hybridized carbons (Fsp3) is 0.875. The number of nitrogens with one attached hydrogen (secondary N) is 1. The standard InChI is InChI=1S/C56H107NO4/c1-3-5-7-9-11-13-15-17-19-21-22-23-24-25-26-27-28-29-30-31-32-33-35-37-39-41-43-45-47-49-51-55(60)57-53(52-58)56(61)54(59)50-48-46-44-42-40-38-36-34-20-18-16-14-12-10-8-6-4-2/h25-26,34,36,42,44,53-54,56,58-59,61H,3-24,27-33,35,37-41,43,45-52H2,1-2H3,(H,57,60)/b26-25-,36-34+,44-42+. The second-order valence-electron chi connectivity index (χ2n) is 18.8. The topological polar surface area (TPSA) is 89.8 Å². The SMILES string of the molecule is CCCCCCCCCC/C=C/CC/C=C/CCCC(O)C(O)C(CO)NC(=O)CCCCCCCCCCCCCCCC/C=C\CCCCCCCCCCCCCC. The van der Waals surface area contributed by atoms with Gasteiger partial charge < -0.3 is 20.6 Å². The number of aliphatic hydroxyl groups excluding tert-OH is 3. The number of carbonyl (C=O) groups is 1. The summed E-state index contributed by atoms with van der Waals surface area (Å²) in [7, 11) is 0. The molecule has 0 aromatic heterocycles. The lowest BCUT2D eigenvalue weighted by Gasteiger charge is -2.26. The van der Waals surface area contributed by atoms with Crippen LogP contribution in [-0.4, -0.2) is 46.1 Å². The summed E-state index contributed by atoms with van der Waals surface area (Å²) >= 11 is 0. The number of carbonyl (C=O) groups excluding carboxylic acids is 1. The molecular weight excluding hydrogens is 751 g/mol. The second-order valence-corrected chi connectivity index (χ2v) is 18.8. The molecule has 0 radical (unpaired) electrons. The van der Waals surface area contributed by atoms with E-state index in [2.05, 4.69) is 55.6 Å². The lowest BCUT2D eigenvalue weighted by molar-refractivity contribution is -0.124. The molecule has 0 aliphatic carbocycles. The number of rotatable bonds is 50. The zero-order valence-electron chi connectivity index (χ0n) is 41.1. The van der Waals surface area contributed by atoms with Gasteiger partial charge in [-0.05, 0) is 77.0 Å². The van der Waals surface area contributed by atoms with Gasteiger partial charge in [0.25, 0.3) is 0 Å². The van der Waals surface area contributed by atoms with Crippen LogP contribution in [0.1, 0.15) is 290 Å². The van der Waals surface area contributed by atoms with Crippen LogP contribution in [-0.2, 0) is 4.79 Å². The van der Waals surface area contributed by atoms with Crippen molar-refractivity contribution in [2.24, 2.45) is 0 Å². The van der Waals surface area contributed by atoms with E-state index < -0.39 is 18.2 Å². The van der Waals surface area contributed by atoms with E-state index in [1.807, 2.05) is 0 Å². The number of hydrogen-bond acceptors (Lipinski definition) is 4. The highest BCUT2D eigenvalue weighted by atomic mass is 16.3. The Bertz CT molecular complexity index is 947. The molecule has 360 valence electrons. The van der Waals surface area contributed by atoms with E-state index in [0.29, 0.717) is 12.8 Å². The third kappa shape index (κ3) is 46.4. The number of unbranched alkanes of at least 4 members (excludes halogenated alkanes) is 36. The summed E-state index contributed by atoms with van der Waals surface area (Å²) in [4.78, 5) is 12.5. The molecule has 0 rings (SSSR count). The van der Waals surface area contributed by atoms with Gasteiger partial charge in [-0.15, -0.1) is 0 Å². The maximum atomic E-state index is 12.5. The van der Waals surface area contributed by atoms with Gasteiger partial charge in [0, 0.05) is 6.42 Å². The smallest absolute Gasteiger partial charge is 0.220 e. The van der Waals surface area contributed by atoms with Crippen LogP contribution in [0.15, 0.2) is 36.5 Å². The van der Waals surface area contributed by atoms with Crippen molar-refractivity contribution in [2.75, 3.05) is 6.61 Å². The van der Waals surface area contributed by atoms with Crippen molar-refractivity contribution in [3.8, 4) is 0 Å². The van der Waals surface area contributed by atoms with Gasteiger partial charge in [-0.25, -0.2) is 0 Å². The minimum atomic E-state index is -1.17. The van der Waals surface area contributed by atoms with Crippen molar-refractivity contribution in [3.63, 3.8) is 0 Å². The Hall–Kier alpha value is -1.43. The lowest BCUT2D eigenvalue weighted by Crippen LogP contribution is -2.50.